The quantitative estimate of drug-likeness (QED) is 0.875. The first kappa shape index (κ1) is 19.5. The summed E-state index contributed by atoms with van der Waals surface area (Å²) in [6.45, 7) is 6.32. The molecule has 0 unspecified atom stereocenters. The first-order valence-corrected chi connectivity index (χ1v) is 10.4. The number of aryl methyl sites for hydroxylation is 2. The number of carbonyl (C=O) groups excluding carboxylic acids is 1. The molecule has 1 amide bonds. The van der Waals surface area contributed by atoms with Crippen molar-refractivity contribution < 1.29 is 13.2 Å². The zero-order valence-electron chi connectivity index (χ0n) is 15.9. The Labute approximate surface area is 160 Å². The van der Waals surface area contributed by atoms with E-state index in [1.54, 1.807) is 24.3 Å². The average Bonchev–Trinajstić information content (AvgIpc) is 2.61. The number of piperazine rings is 1. The molecule has 0 aromatic heterocycles. The van der Waals surface area contributed by atoms with E-state index in [9.17, 15) is 13.2 Å². The molecule has 7 heteroatoms. The minimum absolute atomic E-state index is 0.212. The van der Waals surface area contributed by atoms with Crippen molar-refractivity contribution in [2.75, 3.05) is 38.5 Å². The van der Waals surface area contributed by atoms with Crippen LogP contribution in [0.25, 0.3) is 0 Å². The van der Waals surface area contributed by atoms with E-state index < -0.39 is 10.0 Å². The number of anilines is 1. The van der Waals surface area contributed by atoms with Gasteiger partial charge >= 0.3 is 0 Å². The number of rotatable bonds is 4. The van der Waals surface area contributed by atoms with E-state index in [4.69, 9.17) is 0 Å². The van der Waals surface area contributed by atoms with E-state index in [0.29, 0.717) is 24.3 Å². The Morgan fingerprint density at radius 2 is 1.48 bits per heavy atom. The monoisotopic (exact) mass is 387 g/mol. The zero-order valence-corrected chi connectivity index (χ0v) is 16.7. The number of benzene rings is 2. The number of amides is 1. The van der Waals surface area contributed by atoms with Crippen molar-refractivity contribution in [2.24, 2.45) is 0 Å². The van der Waals surface area contributed by atoms with Crippen molar-refractivity contribution >= 4 is 21.6 Å². The Morgan fingerprint density at radius 3 is 2.04 bits per heavy atom. The summed E-state index contributed by atoms with van der Waals surface area (Å²) in [5, 5.41) is 2.82. The van der Waals surface area contributed by atoms with Gasteiger partial charge < -0.3 is 10.2 Å². The van der Waals surface area contributed by atoms with E-state index >= 15 is 0 Å². The van der Waals surface area contributed by atoms with E-state index in [-0.39, 0.29) is 10.8 Å². The molecule has 1 saturated heterocycles. The Morgan fingerprint density at radius 1 is 0.926 bits per heavy atom. The van der Waals surface area contributed by atoms with Gasteiger partial charge in [0.05, 0.1) is 4.90 Å². The molecule has 3 rings (SSSR count). The van der Waals surface area contributed by atoms with Crippen molar-refractivity contribution in [2.45, 2.75) is 18.7 Å². The Hall–Kier alpha value is -2.22. The first-order valence-electron chi connectivity index (χ1n) is 8.94. The Kier molecular flexibility index (Phi) is 5.64. The molecule has 1 heterocycles. The highest BCUT2D eigenvalue weighted by Crippen LogP contribution is 2.20. The van der Waals surface area contributed by atoms with Gasteiger partial charge in [0.25, 0.3) is 5.91 Å². The molecule has 1 N–H and O–H groups in total. The first-order chi connectivity index (χ1) is 12.8. The van der Waals surface area contributed by atoms with Gasteiger partial charge in [-0.2, -0.15) is 4.31 Å². The maximum atomic E-state index is 12.7. The van der Waals surface area contributed by atoms with Crippen LogP contribution in [0.15, 0.2) is 47.4 Å². The average molecular weight is 388 g/mol. The standard InChI is InChI=1S/C20H25N3O3S/c1-15-12-16(2)14-17(13-15)20(24)21-18-4-6-19(7-5-18)27(25,26)23-10-8-22(3)9-11-23/h4-7,12-14H,8-11H2,1-3H3,(H,21,24). The normalized spacial score (nSPS) is 16.3. The fraction of sp³-hybridized carbons (Fsp3) is 0.350. The van der Waals surface area contributed by atoms with Crippen molar-refractivity contribution in [3.05, 3.63) is 59.2 Å². The number of carbonyl (C=O) groups is 1. The number of hydrogen-bond donors (Lipinski definition) is 1. The van der Waals surface area contributed by atoms with Gasteiger partial charge in [-0.3, -0.25) is 4.79 Å². The summed E-state index contributed by atoms with van der Waals surface area (Å²) in [5.41, 5.74) is 3.20. The molecule has 0 radical (unpaired) electrons. The second-order valence-electron chi connectivity index (χ2n) is 7.06. The SMILES string of the molecule is Cc1cc(C)cc(C(=O)Nc2ccc(S(=O)(=O)N3CCN(C)CC3)cc2)c1. The molecule has 0 spiro atoms. The minimum atomic E-state index is -3.50. The number of likely N-dealkylation sites (N-methyl/N-ethyl adjacent to an activating group) is 1. The van der Waals surface area contributed by atoms with Gasteiger partial charge in [0, 0.05) is 37.4 Å². The smallest absolute Gasteiger partial charge is 0.255 e. The van der Waals surface area contributed by atoms with Crippen LogP contribution in [0.3, 0.4) is 0 Å². The summed E-state index contributed by atoms with van der Waals surface area (Å²) in [7, 11) is -1.52. The molecule has 1 aliphatic rings. The minimum Gasteiger partial charge on any atom is -0.322 e. The molecule has 27 heavy (non-hydrogen) atoms. The van der Waals surface area contributed by atoms with Crippen LogP contribution in [0.2, 0.25) is 0 Å². The fourth-order valence-electron chi connectivity index (χ4n) is 3.20. The highest BCUT2D eigenvalue weighted by molar-refractivity contribution is 7.89. The van der Waals surface area contributed by atoms with E-state index in [0.717, 1.165) is 24.2 Å². The molecule has 2 aromatic rings. The van der Waals surface area contributed by atoms with Crippen LogP contribution in [-0.2, 0) is 10.0 Å². The van der Waals surface area contributed by atoms with Gasteiger partial charge in [-0.1, -0.05) is 17.2 Å². The lowest BCUT2D eigenvalue weighted by atomic mass is 10.1. The summed E-state index contributed by atoms with van der Waals surface area (Å²) in [6, 6.07) is 12.0. The van der Waals surface area contributed by atoms with Gasteiger partial charge in [-0.15, -0.1) is 0 Å². The fourth-order valence-corrected chi connectivity index (χ4v) is 4.62. The molecule has 2 aromatic carbocycles. The van der Waals surface area contributed by atoms with E-state index in [1.807, 2.05) is 39.1 Å². The zero-order chi connectivity index (χ0) is 19.6. The van der Waals surface area contributed by atoms with Gasteiger partial charge in [0.2, 0.25) is 10.0 Å². The molecule has 0 aliphatic carbocycles. The molecule has 144 valence electrons. The van der Waals surface area contributed by atoms with Gasteiger partial charge in [0.1, 0.15) is 0 Å². The van der Waals surface area contributed by atoms with Gasteiger partial charge in [-0.25, -0.2) is 8.42 Å². The molecular formula is C20H25N3O3S. The van der Waals surface area contributed by atoms with Crippen molar-refractivity contribution in [3.8, 4) is 0 Å². The highest BCUT2D eigenvalue weighted by atomic mass is 32.2. The number of nitrogens with one attached hydrogen (secondary N) is 1. The Bertz CT molecular complexity index is 911. The predicted octanol–water partition coefficient (Wildman–Crippen LogP) is 2.49. The third-order valence-electron chi connectivity index (χ3n) is 4.70. The van der Waals surface area contributed by atoms with Crippen LogP contribution in [0.1, 0.15) is 21.5 Å². The molecule has 0 bridgehead atoms. The van der Waals surface area contributed by atoms with Gasteiger partial charge in [0.15, 0.2) is 0 Å². The second kappa shape index (κ2) is 7.80. The van der Waals surface area contributed by atoms with Crippen LogP contribution in [0.4, 0.5) is 5.69 Å². The number of nitrogens with zero attached hydrogens (tertiary/aromatic N) is 2. The van der Waals surface area contributed by atoms with Crippen LogP contribution < -0.4 is 5.32 Å². The number of sulfonamides is 1. The second-order valence-corrected chi connectivity index (χ2v) is 9.00. The summed E-state index contributed by atoms with van der Waals surface area (Å²) in [5.74, 6) is -0.212. The lowest BCUT2D eigenvalue weighted by Gasteiger charge is -2.31. The third-order valence-corrected chi connectivity index (χ3v) is 6.61. The third kappa shape index (κ3) is 4.55. The Balaban J connectivity index is 1.72. The topological polar surface area (TPSA) is 69.7 Å². The van der Waals surface area contributed by atoms with E-state index in [2.05, 4.69) is 10.2 Å². The summed E-state index contributed by atoms with van der Waals surface area (Å²) in [6.07, 6.45) is 0. The van der Waals surface area contributed by atoms with Crippen LogP contribution in [0.5, 0.6) is 0 Å². The maximum Gasteiger partial charge on any atom is 0.255 e. The van der Waals surface area contributed by atoms with E-state index in [1.165, 1.54) is 4.31 Å². The van der Waals surface area contributed by atoms with Crippen LogP contribution >= 0.6 is 0 Å². The van der Waals surface area contributed by atoms with Crippen LogP contribution in [0, 0.1) is 13.8 Å². The lowest BCUT2D eigenvalue weighted by Crippen LogP contribution is -2.46. The molecule has 1 fully saturated rings. The summed E-state index contributed by atoms with van der Waals surface area (Å²) in [4.78, 5) is 14.8. The molecule has 1 aliphatic heterocycles. The molecule has 6 nitrogen and oxygen atoms in total. The van der Waals surface area contributed by atoms with Crippen LogP contribution in [-0.4, -0.2) is 56.8 Å². The van der Waals surface area contributed by atoms with Crippen molar-refractivity contribution in [1.29, 1.82) is 0 Å². The van der Waals surface area contributed by atoms with Crippen molar-refractivity contribution in [3.63, 3.8) is 0 Å². The maximum absolute atomic E-state index is 12.7. The van der Waals surface area contributed by atoms with Gasteiger partial charge in [-0.05, 0) is 57.3 Å². The molecule has 0 atom stereocenters. The summed E-state index contributed by atoms with van der Waals surface area (Å²) < 4.78 is 27.0. The molecular weight excluding hydrogens is 362 g/mol. The lowest BCUT2D eigenvalue weighted by molar-refractivity contribution is 0.102. The van der Waals surface area contributed by atoms with Crippen molar-refractivity contribution in [1.82, 2.24) is 9.21 Å². The molecule has 0 saturated carbocycles. The summed E-state index contributed by atoms with van der Waals surface area (Å²) >= 11 is 0. The largest absolute Gasteiger partial charge is 0.322 e. The number of hydrogen-bond acceptors (Lipinski definition) is 4. The predicted molar refractivity (Wildman–Crippen MR) is 107 cm³/mol. The highest BCUT2D eigenvalue weighted by Gasteiger charge is 2.27.